The second-order valence-electron chi connectivity index (χ2n) is 6.53. The first-order valence-corrected chi connectivity index (χ1v) is 7.45. The third-order valence-corrected chi connectivity index (χ3v) is 6.03. The van der Waals surface area contributed by atoms with Crippen molar-refractivity contribution in [3.8, 4) is 0 Å². The molecule has 2 nitrogen and oxygen atoms in total. The zero-order chi connectivity index (χ0) is 11.4. The van der Waals surface area contributed by atoms with Gasteiger partial charge in [0.25, 0.3) is 0 Å². The predicted octanol–water partition coefficient (Wildman–Crippen LogP) is 2.89. The lowest BCUT2D eigenvalue weighted by Gasteiger charge is -2.43. The smallest absolute Gasteiger partial charge is 0.156 e. The molecule has 2 fully saturated rings. The highest BCUT2D eigenvalue weighted by molar-refractivity contribution is 8.14. The molecule has 2 bridgehead atoms. The van der Waals surface area contributed by atoms with Gasteiger partial charge in [0.05, 0.1) is 6.54 Å². The minimum absolute atomic E-state index is 0.443. The summed E-state index contributed by atoms with van der Waals surface area (Å²) in [6.07, 6.45) is 4.24. The molecule has 0 radical (unpaired) electrons. The first kappa shape index (κ1) is 10.9. The van der Waals surface area contributed by atoms with Crippen LogP contribution in [0.4, 0.5) is 0 Å². The lowest BCUT2D eigenvalue weighted by Crippen LogP contribution is -2.51. The quantitative estimate of drug-likeness (QED) is 0.759. The molecule has 0 saturated heterocycles. The van der Waals surface area contributed by atoms with E-state index in [2.05, 4.69) is 31.1 Å². The maximum absolute atomic E-state index is 4.55. The zero-order valence-electron chi connectivity index (χ0n) is 10.5. The number of nitrogens with one attached hydrogen (secondary N) is 1. The van der Waals surface area contributed by atoms with Gasteiger partial charge in [-0.05, 0) is 36.0 Å². The molecule has 1 heterocycles. The molecule has 0 aromatic carbocycles. The fourth-order valence-electron chi connectivity index (χ4n) is 4.21. The van der Waals surface area contributed by atoms with Crippen molar-refractivity contribution in [3.63, 3.8) is 0 Å². The van der Waals surface area contributed by atoms with Crippen LogP contribution in [0.15, 0.2) is 4.99 Å². The third kappa shape index (κ3) is 1.43. The van der Waals surface area contributed by atoms with Crippen LogP contribution in [-0.4, -0.2) is 23.5 Å². The van der Waals surface area contributed by atoms with Crippen LogP contribution in [0.3, 0.4) is 0 Å². The monoisotopic (exact) mass is 238 g/mol. The van der Waals surface area contributed by atoms with Gasteiger partial charge in [-0.3, -0.25) is 4.99 Å². The number of amidine groups is 1. The number of fused-ring (bicyclic) bond motifs is 2. The fourth-order valence-corrected chi connectivity index (χ4v) is 4.97. The largest absolute Gasteiger partial charge is 0.361 e. The van der Waals surface area contributed by atoms with Crippen LogP contribution in [0.2, 0.25) is 0 Å². The first-order chi connectivity index (χ1) is 7.52. The number of hydrogen-bond donors (Lipinski definition) is 1. The van der Waals surface area contributed by atoms with Crippen LogP contribution in [0.1, 0.15) is 40.0 Å². The third-order valence-electron chi connectivity index (χ3n) is 5.12. The highest BCUT2D eigenvalue weighted by Crippen LogP contribution is 2.62. The molecule has 1 aliphatic heterocycles. The normalized spacial score (nSPS) is 44.8. The first-order valence-electron chi connectivity index (χ1n) is 6.46. The van der Waals surface area contributed by atoms with E-state index in [-0.39, 0.29) is 0 Å². The standard InChI is InChI=1S/C13H22N2S/c1-12(2)9-4-5-13(3,8-9)10(12)15-11-14-6-7-16-11/h9-10H,4-8H2,1-3H3,(H,14,15). The van der Waals surface area contributed by atoms with Crippen molar-refractivity contribution in [3.05, 3.63) is 0 Å². The van der Waals surface area contributed by atoms with Crippen LogP contribution in [0, 0.1) is 16.7 Å². The van der Waals surface area contributed by atoms with E-state index < -0.39 is 0 Å². The van der Waals surface area contributed by atoms with Crippen molar-refractivity contribution in [2.45, 2.75) is 46.1 Å². The molecule has 90 valence electrons. The molecule has 1 N–H and O–H groups in total. The predicted molar refractivity (Wildman–Crippen MR) is 70.9 cm³/mol. The Kier molecular flexibility index (Phi) is 2.33. The van der Waals surface area contributed by atoms with Gasteiger partial charge < -0.3 is 5.32 Å². The minimum Gasteiger partial charge on any atom is -0.361 e. The van der Waals surface area contributed by atoms with E-state index in [4.69, 9.17) is 0 Å². The summed E-state index contributed by atoms with van der Waals surface area (Å²) in [5, 5.41) is 4.95. The molecule has 3 unspecified atom stereocenters. The number of thioether (sulfide) groups is 1. The Labute approximate surface area is 103 Å². The Bertz CT molecular complexity index is 332. The van der Waals surface area contributed by atoms with Gasteiger partial charge in [0, 0.05) is 11.8 Å². The van der Waals surface area contributed by atoms with Crippen molar-refractivity contribution in [2.75, 3.05) is 12.3 Å². The Hall–Kier alpha value is -0.180. The van der Waals surface area contributed by atoms with Crippen molar-refractivity contribution in [2.24, 2.45) is 21.7 Å². The van der Waals surface area contributed by atoms with Gasteiger partial charge in [0.2, 0.25) is 0 Å². The maximum Gasteiger partial charge on any atom is 0.156 e. The summed E-state index contributed by atoms with van der Waals surface area (Å²) < 4.78 is 0. The molecule has 0 aromatic rings. The second-order valence-corrected chi connectivity index (χ2v) is 7.61. The highest BCUT2D eigenvalue weighted by atomic mass is 32.2. The van der Waals surface area contributed by atoms with Gasteiger partial charge in [-0.15, -0.1) is 0 Å². The Morgan fingerprint density at radius 1 is 1.38 bits per heavy atom. The molecular formula is C13H22N2S. The Morgan fingerprint density at radius 2 is 2.19 bits per heavy atom. The summed E-state index contributed by atoms with van der Waals surface area (Å²) in [5.74, 6) is 2.08. The number of rotatable bonds is 1. The molecule has 3 atom stereocenters. The van der Waals surface area contributed by atoms with Crippen molar-refractivity contribution < 1.29 is 0 Å². The van der Waals surface area contributed by atoms with E-state index >= 15 is 0 Å². The topological polar surface area (TPSA) is 24.4 Å². The maximum atomic E-state index is 4.55. The molecule has 2 saturated carbocycles. The zero-order valence-corrected chi connectivity index (χ0v) is 11.4. The average molecular weight is 238 g/mol. The molecular weight excluding hydrogens is 216 g/mol. The molecule has 0 spiro atoms. The molecule has 0 aromatic heterocycles. The van der Waals surface area contributed by atoms with Gasteiger partial charge in [0.15, 0.2) is 5.17 Å². The number of hydrogen-bond acceptors (Lipinski definition) is 3. The van der Waals surface area contributed by atoms with Crippen molar-refractivity contribution >= 4 is 16.9 Å². The summed E-state index contributed by atoms with van der Waals surface area (Å²) >= 11 is 1.89. The Balaban J connectivity index is 1.82. The summed E-state index contributed by atoms with van der Waals surface area (Å²) in [7, 11) is 0. The van der Waals surface area contributed by atoms with Crippen LogP contribution < -0.4 is 5.32 Å². The highest BCUT2D eigenvalue weighted by Gasteiger charge is 2.59. The van der Waals surface area contributed by atoms with Gasteiger partial charge in [0.1, 0.15) is 0 Å². The Morgan fingerprint density at radius 3 is 2.75 bits per heavy atom. The molecule has 16 heavy (non-hydrogen) atoms. The van der Waals surface area contributed by atoms with Crippen LogP contribution in [0.25, 0.3) is 0 Å². The van der Waals surface area contributed by atoms with Gasteiger partial charge >= 0.3 is 0 Å². The number of aliphatic imine (C=N–C) groups is 1. The molecule has 3 rings (SSSR count). The SMILES string of the molecule is CC12CCC(C1)C(C)(C)C2NC1=NCCS1. The van der Waals surface area contributed by atoms with E-state index in [9.17, 15) is 0 Å². The van der Waals surface area contributed by atoms with Gasteiger partial charge in [-0.25, -0.2) is 0 Å². The fraction of sp³-hybridized carbons (Fsp3) is 0.923. The van der Waals surface area contributed by atoms with E-state index in [1.54, 1.807) is 0 Å². The van der Waals surface area contributed by atoms with Crippen molar-refractivity contribution in [1.82, 2.24) is 5.32 Å². The summed E-state index contributed by atoms with van der Waals surface area (Å²) in [5.41, 5.74) is 0.957. The summed E-state index contributed by atoms with van der Waals surface area (Å²) in [4.78, 5) is 4.55. The average Bonchev–Trinajstić information content (AvgIpc) is 2.85. The summed E-state index contributed by atoms with van der Waals surface area (Å²) in [6, 6.07) is 0.628. The lowest BCUT2D eigenvalue weighted by molar-refractivity contribution is 0.126. The molecule has 0 amide bonds. The van der Waals surface area contributed by atoms with E-state index in [0.717, 1.165) is 18.2 Å². The van der Waals surface area contributed by atoms with Gasteiger partial charge in [-0.1, -0.05) is 32.5 Å². The second kappa shape index (κ2) is 3.41. The van der Waals surface area contributed by atoms with E-state index in [1.165, 1.54) is 24.4 Å². The van der Waals surface area contributed by atoms with E-state index in [0.29, 0.717) is 16.9 Å². The minimum atomic E-state index is 0.443. The van der Waals surface area contributed by atoms with Crippen LogP contribution in [-0.2, 0) is 0 Å². The van der Waals surface area contributed by atoms with Gasteiger partial charge in [-0.2, -0.15) is 0 Å². The molecule has 2 aliphatic carbocycles. The van der Waals surface area contributed by atoms with Crippen molar-refractivity contribution in [1.29, 1.82) is 0 Å². The van der Waals surface area contributed by atoms with Crippen LogP contribution in [0.5, 0.6) is 0 Å². The number of nitrogens with zero attached hydrogens (tertiary/aromatic N) is 1. The summed E-state index contributed by atoms with van der Waals surface area (Å²) in [6.45, 7) is 8.36. The molecule has 3 heteroatoms. The lowest BCUT2D eigenvalue weighted by atomic mass is 9.68. The van der Waals surface area contributed by atoms with E-state index in [1.807, 2.05) is 11.8 Å². The van der Waals surface area contributed by atoms with Crippen LogP contribution >= 0.6 is 11.8 Å². The molecule has 3 aliphatic rings.